The van der Waals surface area contributed by atoms with Crippen molar-refractivity contribution < 1.29 is 9.59 Å². The highest BCUT2D eigenvalue weighted by molar-refractivity contribution is 14.1. The van der Waals surface area contributed by atoms with Crippen LogP contribution in [0.15, 0.2) is 53.4 Å². The number of carbonyl (C=O) groups is 2. The molecule has 0 radical (unpaired) electrons. The van der Waals surface area contributed by atoms with E-state index in [0.717, 1.165) is 14.2 Å². The molecule has 3 N–H and O–H groups in total. The summed E-state index contributed by atoms with van der Waals surface area (Å²) in [6.45, 7) is 0. The zero-order valence-electron chi connectivity index (χ0n) is 11.0. The largest absolute Gasteiger partial charge is 0.369 e. The molecule has 0 saturated carbocycles. The molecular formula is C15H13IN2O2S. The predicted molar refractivity (Wildman–Crippen MR) is 93.5 cm³/mol. The van der Waals surface area contributed by atoms with E-state index in [1.54, 1.807) is 18.2 Å². The maximum Gasteiger partial charge on any atom is 0.256 e. The summed E-state index contributed by atoms with van der Waals surface area (Å²) in [5.41, 5.74) is 6.41. The van der Waals surface area contributed by atoms with Gasteiger partial charge in [-0.2, -0.15) is 0 Å². The Morgan fingerprint density at radius 2 is 1.90 bits per heavy atom. The molecule has 6 heteroatoms. The van der Waals surface area contributed by atoms with Crippen molar-refractivity contribution in [3.8, 4) is 0 Å². The highest BCUT2D eigenvalue weighted by Crippen LogP contribution is 2.23. The van der Waals surface area contributed by atoms with Crippen molar-refractivity contribution in [1.82, 2.24) is 0 Å². The number of rotatable bonds is 5. The lowest BCUT2D eigenvalue weighted by atomic mass is 10.2. The molecule has 0 heterocycles. The van der Waals surface area contributed by atoms with Gasteiger partial charge in [0.1, 0.15) is 0 Å². The second kappa shape index (κ2) is 7.46. The monoisotopic (exact) mass is 412 g/mol. The van der Waals surface area contributed by atoms with Crippen molar-refractivity contribution in [2.24, 2.45) is 5.73 Å². The first-order valence-electron chi connectivity index (χ1n) is 6.13. The molecule has 0 aliphatic heterocycles. The zero-order valence-corrected chi connectivity index (χ0v) is 14.0. The van der Waals surface area contributed by atoms with Crippen LogP contribution in [0.5, 0.6) is 0 Å². The van der Waals surface area contributed by atoms with Crippen LogP contribution in [-0.2, 0) is 4.79 Å². The lowest BCUT2D eigenvalue weighted by Gasteiger charge is -2.09. The van der Waals surface area contributed by atoms with Crippen LogP contribution >= 0.6 is 34.4 Å². The van der Waals surface area contributed by atoms with Crippen LogP contribution in [0.2, 0.25) is 0 Å². The van der Waals surface area contributed by atoms with Crippen molar-refractivity contribution in [3.05, 3.63) is 57.7 Å². The Kier molecular flexibility index (Phi) is 5.63. The number of benzene rings is 2. The molecule has 21 heavy (non-hydrogen) atoms. The van der Waals surface area contributed by atoms with Crippen LogP contribution in [0.1, 0.15) is 10.4 Å². The topological polar surface area (TPSA) is 72.2 Å². The molecular weight excluding hydrogens is 399 g/mol. The molecule has 0 aliphatic carbocycles. The average molecular weight is 412 g/mol. The Balaban J connectivity index is 2.17. The van der Waals surface area contributed by atoms with E-state index in [9.17, 15) is 9.59 Å². The Bertz CT molecular complexity index is 676. The molecule has 0 unspecified atom stereocenters. The molecule has 2 amide bonds. The minimum Gasteiger partial charge on any atom is -0.369 e. The van der Waals surface area contributed by atoms with Gasteiger partial charge in [0.25, 0.3) is 5.91 Å². The van der Waals surface area contributed by atoms with Crippen molar-refractivity contribution in [2.45, 2.75) is 4.90 Å². The summed E-state index contributed by atoms with van der Waals surface area (Å²) < 4.78 is 1.04. The van der Waals surface area contributed by atoms with Crippen molar-refractivity contribution in [3.63, 3.8) is 0 Å². The van der Waals surface area contributed by atoms with E-state index >= 15 is 0 Å². The number of nitrogens with one attached hydrogen (secondary N) is 1. The van der Waals surface area contributed by atoms with E-state index in [1.807, 2.05) is 30.3 Å². The van der Waals surface area contributed by atoms with Crippen LogP contribution < -0.4 is 11.1 Å². The van der Waals surface area contributed by atoms with Gasteiger partial charge in [0.2, 0.25) is 5.91 Å². The highest BCUT2D eigenvalue weighted by atomic mass is 127. The Morgan fingerprint density at radius 1 is 1.14 bits per heavy atom. The first kappa shape index (κ1) is 15.8. The molecule has 0 bridgehead atoms. The lowest BCUT2D eigenvalue weighted by Crippen LogP contribution is -2.15. The van der Waals surface area contributed by atoms with Gasteiger partial charge in [-0.05, 0) is 52.9 Å². The maximum absolute atomic E-state index is 12.3. The number of carbonyl (C=O) groups excluding carboxylic acids is 2. The molecule has 0 aromatic heterocycles. The van der Waals surface area contributed by atoms with Gasteiger partial charge >= 0.3 is 0 Å². The number of halogens is 1. The molecule has 0 spiro atoms. The van der Waals surface area contributed by atoms with Gasteiger partial charge in [-0.15, -0.1) is 11.8 Å². The summed E-state index contributed by atoms with van der Waals surface area (Å²) in [5.74, 6) is -0.467. The van der Waals surface area contributed by atoms with Crippen molar-refractivity contribution in [2.75, 3.05) is 11.1 Å². The normalized spacial score (nSPS) is 10.1. The highest BCUT2D eigenvalue weighted by Gasteiger charge is 2.12. The Morgan fingerprint density at radius 3 is 2.62 bits per heavy atom. The maximum atomic E-state index is 12.3. The quantitative estimate of drug-likeness (QED) is 0.586. The summed E-state index contributed by atoms with van der Waals surface area (Å²) in [7, 11) is 0. The van der Waals surface area contributed by atoms with Gasteiger partial charge < -0.3 is 11.1 Å². The van der Waals surface area contributed by atoms with E-state index in [-0.39, 0.29) is 11.7 Å². The van der Waals surface area contributed by atoms with Crippen LogP contribution in [0.25, 0.3) is 0 Å². The van der Waals surface area contributed by atoms with Crippen LogP contribution in [0.3, 0.4) is 0 Å². The van der Waals surface area contributed by atoms with Crippen LogP contribution in [-0.4, -0.2) is 17.6 Å². The predicted octanol–water partition coefficient (Wildman–Crippen LogP) is 3.12. The first-order valence-corrected chi connectivity index (χ1v) is 8.20. The van der Waals surface area contributed by atoms with Gasteiger partial charge in [-0.1, -0.05) is 18.2 Å². The molecule has 2 rings (SSSR count). The van der Waals surface area contributed by atoms with Gasteiger partial charge in [0.15, 0.2) is 0 Å². The number of anilines is 1. The number of nitrogens with two attached hydrogens (primary N) is 1. The van der Waals surface area contributed by atoms with Gasteiger partial charge in [-0.3, -0.25) is 9.59 Å². The third-order valence-corrected chi connectivity index (χ3v) is 4.35. The molecule has 2 aromatic carbocycles. The van der Waals surface area contributed by atoms with E-state index in [2.05, 4.69) is 27.9 Å². The number of thioether (sulfide) groups is 1. The fourth-order valence-corrected chi connectivity index (χ4v) is 3.03. The molecule has 4 nitrogen and oxygen atoms in total. The Hall–Kier alpha value is -1.54. The summed E-state index contributed by atoms with van der Waals surface area (Å²) >= 11 is 3.45. The Labute approximate surface area is 140 Å². The van der Waals surface area contributed by atoms with Gasteiger partial charge in [-0.25, -0.2) is 0 Å². The standard InChI is InChI=1S/C15H13IN2O2S/c16-10-4-3-5-11(8-10)18-15(20)12-6-1-2-7-13(12)21-9-14(17)19/h1-8H,9H2,(H2,17,19)(H,18,20). The molecule has 2 aromatic rings. The van der Waals surface area contributed by atoms with Crippen molar-refractivity contribution >= 4 is 51.9 Å². The van der Waals surface area contributed by atoms with Gasteiger partial charge in [0, 0.05) is 14.2 Å². The minimum absolute atomic E-state index is 0.146. The fraction of sp³-hybridized carbons (Fsp3) is 0.0667. The number of hydrogen-bond donors (Lipinski definition) is 2. The smallest absolute Gasteiger partial charge is 0.256 e. The third-order valence-electron chi connectivity index (χ3n) is 2.58. The van der Waals surface area contributed by atoms with E-state index < -0.39 is 5.91 Å². The lowest BCUT2D eigenvalue weighted by molar-refractivity contribution is -0.115. The van der Waals surface area contributed by atoms with Gasteiger partial charge in [0.05, 0.1) is 11.3 Å². The molecule has 108 valence electrons. The SMILES string of the molecule is NC(=O)CSc1ccccc1C(=O)Nc1cccc(I)c1. The van der Waals surface area contributed by atoms with Crippen LogP contribution in [0, 0.1) is 3.57 Å². The van der Waals surface area contributed by atoms with E-state index in [1.165, 1.54) is 11.8 Å². The second-order valence-corrected chi connectivity index (χ2v) is 6.48. The molecule has 0 aliphatic rings. The zero-order chi connectivity index (χ0) is 15.2. The summed E-state index contributed by atoms with van der Waals surface area (Å²) in [5, 5.41) is 2.85. The second-order valence-electron chi connectivity index (χ2n) is 4.22. The molecule has 0 atom stereocenters. The number of amides is 2. The number of hydrogen-bond acceptors (Lipinski definition) is 3. The summed E-state index contributed by atoms with van der Waals surface area (Å²) in [4.78, 5) is 24.0. The van der Waals surface area contributed by atoms with Crippen molar-refractivity contribution in [1.29, 1.82) is 0 Å². The average Bonchev–Trinajstić information content (AvgIpc) is 2.45. The van der Waals surface area contributed by atoms with E-state index in [4.69, 9.17) is 5.73 Å². The fourth-order valence-electron chi connectivity index (χ4n) is 1.69. The molecule has 0 fully saturated rings. The summed E-state index contributed by atoms with van der Waals surface area (Å²) in [6.07, 6.45) is 0. The van der Waals surface area contributed by atoms with E-state index in [0.29, 0.717) is 5.56 Å². The first-order chi connectivity index (χ1) is 10.1. The molecule has 0 saturated heterocycles. The van der Waals surface area contributed by atoms with Crippen LogP contribution in [0.4, 0.5) is 5.69 Å². The number of primary amides is 1. The third kappa shape index (κ3) is 4.75. The minimum atomic E-state index is -0.409. The summed E-state index contributed by atoms with van der Waals surface area (Å²) in [6, 6.07) is 14.7.